The number of ether oxygens (including phenoxy) is 1. The molecular weight excluding hydrogens is 154 g/mol. The predicted octanol–water partition coefficient (Wildman–Crippen LogP) is 1.31. The van der Waals surface area contributed by atoms with Crippen LogP contribution in [-0.2, 0) is 4.79 Å². The van der Waals surface area contributed by atoms with Gasteiger partial charge in [-0.2, -0.15) is 0 Å². The van der Waals surface area contributed by atoms with Crippen LogP contribution in [0.15, 0.2) is 24.3 Å². The zero-order chi connectivity index (χ0) is 8.81. The minimum Gasteiger partial charge on any atom is -0.486 e. The van der Waals surface area contributed by atoms with Crippen molar-refractivity contribution in [1.82, 2.24) is 0 Å². The number of hydrogen-bond donors (Lipinski definition) is 1. The van der Waals surface area contributed by atoms with Gasteiger partial charge in [-0.25, -0.2) is 0 Å². The van der Waals surface area contributed by atoms with Gasteiger partial charge < -0.3 is 10.1 Å². The third-order valence-electron chi connectivity index (χ3n) is 1.44. The van der Waals surface area contributed by atoms with Crippen molar-refractivity contribution in [2.45, 2.75) is 0 Å². The first-order chi connectivity index (χ1) is 5.86. The SMILES string of the molecule is CNc1cccc(OCC=O)c1. The van der Waals surface area contributed by atoms with E-state index in [-0.39, 0.29) is 6.61 Å². The molecule has 0 aromatic heterocycles. The van der Waals surface area contributed by atoms with E-state index in [0.717, 1.165) is 12.0 Å². The highest BCUT2D eigenvalue weighted by atomic mass is 16.5. The number of benzene rings is 1. The van der Waals surface area contributed by atoms with Crippen LogP contribution in [0.5, 0.6) is 5.75 Å². The molecule has 1 aromatic rings. The summed E-state index contributed by atoms with van der Waals surface area (Å²) in [5, 5.41) is 2.98. The van der Waals surface area contributed by atoms with Gasteiger partial charge in [0.25, 0.3) is 0 Å². The normalized spacial score (nSPS) is 9.08. The minimum atomic E-state index is 0.104. The van der Waals surface area contributed by atoms with Crippen LogP contribution in [0.25, 0.3) is 0 Å². The predicted molar refractivity (Wildman–Crippen MR) is 47.5 cm³/mol. The fraction of sp³-hybridized carbons (Fsp3) is 0.222. The molecule has 1 aromatic carbocycles. The maximum Gasteiger partial charge on any atom is 0.157 e. The lowest BCUT2D eigenvalue weighted by Gasteiger charge is -2.04. The first-order valence-electron chi connectivity index (χ1n) is 3.71. The molecule has 0 saturated carbocycles. The zero-order valence-electron chi connectivity index (χ0n) is 6.91. The van der Waals surface area contributed by atoms with E-state index in [4.69, 9.17) is 4.74 Å². The molecule has 0 aliphatic carbocycles. The standard InChI is InChI=1S/C9H11NO2/c1-10-8-3-2-4-9(7-8)12-6-5-11/h2-5,7,10H,6H2,1H3. The van der Waals surface area contributed by atoms with Crippen LogP contribution in [0, 0.1) is 0 Å². The molecule has 0 aliphatic heterocycles. The summed E-state index contributed by atoms with van der Waals surface area (Å²) in [6.45, 7) is 0.104. The summed E-state index contributed by atoms with van der Waals surface area (Å²) in [5.74, 6) is 0.703. The number of hydrogen-bond acceptors (Lipinski definition) is 3. The van der Waals surface area contributed by atoms with Gasteiger partial charge in [-0.3, -0.25) is 4.79 Å². The largest absolute Gasteiger partial charge is 0.486 e. The van der Waals surface area contributed by atoms with E-state index in [1.165, 1.54) is 0 Å². The molecule has 0 unspecified atom stereocenters. The van der Waals surface area contributed by atoms with Crippen molar-refractivity contribution in [2.24, 2.45) is 0 Å². The molecule has 12 heavy (non-hydrogen) atoms. The van der Waals surface area contributed by atoms with Crippen molar-refractivity contribution in [2.75, 3.05) is 19.0 Å². The Morgan fingerprint density at radius 3 is 3.08 bits per heavy atom. The number of carbonyl (C=O) groups excluding carboxylic acids is 1. The van der Waals surface area contributed by atoms with Crippen LogP contribution in [0.3, 0.4) is 0 Å². The Morgan fingerprint density at radius 2 is 2.42 bits per heavy atom. The van der Waals surface area contributed by atoms with Crippen molar-refractivity contribution < 1.29 is 9.53 Å². The molecular formula is C9H11NO2. The Bertz CT molecular complexity index is 260. The molecule has 0 radical (unpaired) electrons. The second-order valence-electron chi connectivity index (χ2n) is 2.26. The topological polar surface area (TPSA) is 38.3 Å². The van der Waals surface area contributed by atoms with E-state index in [2.05, 4.69) is 5.32 Å². The lowest BCUT2D eigenvalue weighted by atomic mass is 10.3. The molecule has 0 saturated heterocycles. The Kier molecular flexibility index (Phi) is 3.14. The number of rotatable bonds is 4. The molecule has 0 amide bonds. The summed E-state index contributed by atoms with van der Waals surface area (Å²) in [7, 11) is 1.83. The zero-order valence-corrected chi connectivity index (χ0v) is 6.91. The van der Waals surface area contributed by atoms with Gasteiger partial charge in [0.15, 0.2) is 6.29 Å². The van der Waals surface area contributed by atoms with Gasteiger partial charge in [0.05, 0.1) is 0 Å². The highest BCUT2D eigenvalue weighted by Gasteiger charge is 1.93. The second-order valence-corrected chi connectivity index (χ2v) is 2.26. The second kappa shape index (κ2) is 4.38. The van der Waals surface area contributed by atoms with E-state index in [1.807, 2.05) is 31.3 Å². The molecule has 64 valence electrons. The molecule has 0 aliphatic rings. The first kappa shape index (κ1) is 8.59. The van der Waals surface area contributed by atoms with Crippen LogP contribution in [0.1, 0.15) is 0 Å². The number of carbonyl (C=O) groups is 1. The van der Waals surface area contributed by atoms with Crippen molar-refractivity contribution in [3.8, 4) is 5.75 Å². The highest BCUT2D eigenvalue weighted by Crippen LogP contribution is 2.15. The lowest BCUT2D eigenvalue weighted by Crippen LogP contribution is -1.98. The van der Waals surface area contributed by atoms with Crippen LogP contribution in [0.4, 0.5) is 5.69 Å². The maximum absolute atomic E-state index is 9.99. The van der Waals surface area contributed by atoms with Gasteiger partial charge in [-0.05, 0) is 12.1 Å². The van der Waals surface area contributed by atoms with Gasteiger partial charge in [0.1, 0.15) is 12.4 Å². The monoisotopic (exact) mass is 165 g/mol. The van der Waals surface area contributed by atoms with Crippen LogP contribution in [0.2, 0.25) is 0 Å². The molecule has 1 rings (SSSR count). The molecule has 3 heteroatoms. The summed E-state index contributed by atoms with van der Waals surface area (Å²) < 4.78 is 5.09. The smallest absolute Gasteiger partial charge is 0.157 e. The highest BCUT2D eigenvalue weighted by molar-refractivity contribution is 5.52. The first-order valence-corrected chi connectivity index (χ1v) is 3.71. The molecule has 0 bridgehead atoms. The van der Waals surface area contributed by atoms with Crippen molar-refractivity contribution in [1.29, 1.82) is 0 Å². The van der Waals surface area contributed by atoms with Crippen molar-refractivity contribution in [3.05, 3.63) is 24.3 Å². The molecule has 0 heterocycles. The Hall–Kier alpha value is -1.51. The van der Waals surface area contributed by atoms with Crippen LogP contribution < -0.4 is 10.1 Å². The van der Waals surface area contributed by atoms with Crippen molar-refractivity contribution in [3.63, 3.8) is 0 Å². The number of nitrogens with one attached hydrogen (secondary N) is 1. The number of aldehydes is 1. The summed E-state index contributed by atoms with van der Waals surface area (Å²) in [6, 6.07) is 7.44. The van der Waals surface area contributed by atoms with E-state index >= 15 is 0 Å². The summed E-state index contributed by atoms with van der Waals surface area (Å²) in [4.78, 5) is 9.99. The fourth-order valence-electron chi connectivity index (χ4n) is 0.872. The summed E-state index contributed by atoms with van der Waals surface area (Å²) >= 11 is 0. The van der Waals surface area contributed by atoms with Gasteiger partial charge >= 0.3 is 0 Å². The summed E-state index contributed by atoms with van der Waals surface area (Å²) in [6.07, 6.45) is 0.728. The third-order valence-corrected chi connectivity index (χ3v) is 1.44. The molecule has 1 N–H and O–H groups in total. The summed E-state index contributed by atoms with van der Waals surface area (Å²) in [5.41, 5.74) is 0.971. The van der Waals surface area contributed by atoms with E-state index in [9.17, 15) is 4.79 Å². The van der Waals surface area contributed by atoms with E-state index in [0.29, 0.717) is 5.75 Å². The third kappa shape index (κ3) is 2.27. The van der Waals surface area contributed by atoms with Gasteiger partial charge in [0.2, 0.25) is 0 Å². The quantitative estimate of drug-likeness (QED) is 0.683. The van der Waals surface area contributed by atoms with Crippen LogP contribution >= 0.6 is 0 Å². The van der Waals surface area contributed by atoms with Gasteiger partial charge in [-0.15, -0.1) is 0 Å². The average molecular weight is 165 g/mol. The van der Waals surface area contributed by atoms with E-state index < -0.39 is 0 Å². The molecule has 0 atom stereocenters. The maximum atomic E-state index is 9.99. The molecule has 3 nitrogen and oxygen atoms in total. The van der Waals surface area contributed by atoms with Gasteiger partial charge in [0, 0.05) is 18.8 Å². The average Bonchev–Trinajstić information content (AvgIpc) is 2.15. The van der Waals surface area contributed by atoms with Crippen LogP contribution in [-0.4, -0.2) is 19.9 Å². The van der Waals surface area contributed by atoms with Gasteiger partial charge in [-0.1, -0.05) is 6.07 Å². The Labute approximate surface area is 71.4 Å². The Morgan fingerprint density at radius 1 is 1.58 bits per heavy atom. The molecule has 0 spiro atoms. The molecule has 0 fully saturated rings. The Balaban J connectivity index is 2.65. The minimum absolute atomic E-state index is 0.104. The lowest BCUT2D eigenvalue weighted by molar-refractivity contribution is -0.109. The number of anilines is 1. The van der Waals surface area contributed by atoms with Crippen molar-refractivity contribution >= 4 is 12.0 Å². The fourth-order valence-corrected chi connectivity index (χ4v) is 0.872. The van der Waals surface area contributed by atoms with E-state index in [1.54, 1.807) is 0 Å².